The second kappa shape index (κ2) is 5.83. The number of rotatable bonds is 4. The summed E-state index contributed by atoms with van der Waals surface area (Å²) in [6, 6.07) is 7.05. The van der Waals surface area contributed by atoms with Crippen molar-refractivity contribution in [3.05, 3.63) is 58.3 Å². The van der Waals surface area contributed by atoms with E-state index in [2.05, 4.69) is 5.10 Å². The molecule has 0 aliphatic heterocycles. The van der Waals surface area contributed by atoms with Crippen molar-refractivity contribution < 1.29 is 4.39 Å². The van der Waals surface area contributed by atoms with Crippen LogP contribution in [0.5, 0.6) is 0 Å². The molecule has 0 fully saturated rings. The van der Waals surface area contributed by atoms with E-state index in [0.717, 1.165) is 5.69 Å². The fraction of sp³-hybridized carbons (Fsp3) is 0.286. The summed E-state index contributed by atoms with van der Waals surface area (Å²) in [4.78, 5) is 13.7. The van der Waals surface area contributed by atoms with E-state index in [1.807, 2.05) is 14.1 Å². The molecule has 1 atom stereocenters. The smallest absolute Gasteiger partial charge is 0.268 e. The Bertz CT molecular complexity index is 654. The molecule has 0 amide bonds. The molecule has 6 heteroatoms. The minimum atomic E-state index is -0.485. The summed E-state index contributed by atoms with van der Waals surface area (Å²) in [6.07, 6.45) is 1.60. The molecule has 1 heterocycles. The lowest BCUT2D eigenvalue weighted by Gasteiger charge is -2.15. The van der Waals surface area contributed by atoms with Crippen LogP contribution in [0.1, 0.15) is 11.6 Å². The first-order valence-electron chi connectivity index (χ1n) is 6.23. The normalized spacial score (nSPS) is 12.2. The van der Waals surface area contributed by atoms with Crippen molar-refractivity contribution in [2.75, 3.05) is 19.0 Å². The van der Waals surface area contributed by atoms with E-state index in [1.54, 1.807) is 23.2 Å². The number of halogens is 1. The highest BCUT2D eigenvalue weighted by Gasteiger charge is 2.10. The van der Waals surface area contributed by atoms with Crippen LogP contribution >= 0.6 is 0 Å². The van der Waals surface area contributed by atoms with Crippen LogP contribution in [0.2, 0.25) is 0 Å². The second-order valence-electron chi connectivity index (χ2n) is 4.79. The third-order valence-corrected chi connectivity index (χ3v) is 3.02. The zero-order valence-corrected chi connectivity index (χ0v) is 11.5. The number of nitrogens with zero attached hydrogens (tertiary/aromatic N) is 3. The van der Waals surface area contributed by atoms with E-state index in [0.29, 0.717) is 5.56 Å². The maximum Gasteiger partial charge on any atom is 0.268 e. The molecule has 0 saturated heterocycles. The quantitative estimate of drug-likeness (QED) is 0.910. The van der Waals surface area contributed by atoms with Gasteiger partial charge in [-0.05, 0) is 17.7 Å². The van der Waals surface area contributed by atoms with Gasteiger partial charge in [-0.15, -0.1) is 0 Å². The molecule has 0 bridgehead atoms. The highest BCUT2D eigenvalue weighted by atomic mass is 19.1. The minimum Gasteiger partial charge on any atom is -0.376 e. The zero-order valence-electron chi connectivity index (χ0n) is 11.5. The molecule has 1 unspecified atom stereocenters. The summed E-state index contributed by atoms with van der Waals surface area (Å²) >= 11 is 0. The van der Waals surface area contributed by atoms with Crippen LogP contribution in [-0.2, 0) is 6.54 Å². The molecule has 0 radical (unpaired) electrons. The Kier molecular flexibility index (Phi) is 4.14. The Morgan fingerprint density at radius 1 is 1.40 bits per heavy atom. The number of nitrogens with two attached hydrogens (primary N) is 1. The van der Waals surface area contributed by atoms with Crippen LogP contribution in [0.4, 0.5) is 10.1 Å². The Morgan fingerprint density at radius 2 is 2.15 bits per heavy atom. The number of hydrogen-bond acceptors (Lipinski definition) is 4. The van der Waals surface area contributed by atoms with Crippen molar-refractivity contribution in [2.45, 2.75) is 12.6 Å². The van der Waals surface area contributed by atoms with Crippen molar-refractivity contribution in [3.8, 4) is 0 Å². The van der Waals surface area contributed by atoms with Gasteiger partial charge in [0.05, 0.1) is 18.4 Å². The molecular weight excluding hydrogens is 259 g/mol. The molecule has 106 valence electrons. The van der Waals surface area contributed by atoms with Gasteiger partial charge in [-0.3, -0.25) is 4.79 Å². The molecule has 2 rings (SSSR count). The first kappa shape index (κ1) is 14.2. The number of anilines is 1. The average Bonchev–Trinajstić information content (AvgIpc) is 2.40. The maximum atomic E-state index is 13.1. The first-order chi connectivity index (χ1) is 9.47. The summed E-state index contributed by atoms with van der Waals surface area (Å²) in [7, 11) is 3.67. The molecule has 0 spiro atoms. The van der Waals surface area contributed by atoms with Gasteiger partial charge >= 0.3 is 0 Å². The highest BCUT2D eigenvalue weighted by molar-refractivity contribution is 5.40. The van der Waals surface area contributed by atoms with Crippen LogP contribution in [0.3, 0.4) is 0 Å². The number of benzene rings is 1. The van der Waals surface area contributed by atoms with Gasteiger partial charge in [0, 0.05) is 26.2 Å². The monoisotopic (exact) mass is 276 g/mol. The van der Waals surface area contributed by atoms with Crippen molar-refractivity contribution in [3.63, 3.8) is 0 Å². The standard InChI is InChI=1S/C14H17FN4O/c1-18(2)12-7-14(20)19(17-8-12)9-13(16)10-4-3-5-11(15)6-10/h3-8,13H,9,16H2,1-2H3. The van der Waals surface area contributed by atoms with Crippen LogP contribution in [0.25, 0.3) is 0 Å². The molecule has 0 aliphatic rings. The van der Waals surface area contributed by atoms with E-state index >= 15 is 0 Å². The SMILES string of the molecule is CN(C)c1cnn(CC(N)c2cccc(F)c2)c(=O)c1. The fourth-order valence-corrected chi connectivity index (χ4v) is 1.83. The van der Waals surface area contributed by atoms with Crippen LogP contribution in [0, 0.1) is 5.82 Å². The van der Waals surface area contributed by atoms with E-state index in [-0.39, 0.29) is 17.9 Å². The van der Waals surface area contributed by atoms with Crippen molar-refractivity contribution in [1.29, 1.82) is 0 Å². The van der Waals surface area contributed by atoms with Gasteiger partial charge < -0.3 is 10.6 Å². The largest absolute Gasteiger partial charge is 0.376 e. The fourth-order valence-electron chi connectivity index (χ4n) is 1.83. The topological polar surface area (TPSA) is 64.2 Å². The van der Waals surface area contributed by atoms with Gasteiger partial charge in [0.15, 0.2) is 0 Å². The Morgan fingerprint density at radius 3 is 2.75 bits per heavy atom. The summed E-state index contributed by atoms with van der Waals surface area (Å²) in [6.45, 7) is 0.204. The summed E-state index contributed by atoms with van der Waals surface area (Å²) < 4.78 is 14.4. The highest BCUT2D eigenvalue weighted by Crippen LogP contribution is 2.13. The third-order valence-electron chi connectivity index (χ3n) is 3.02. The van der Waals surface area contributed by atoms with Crippen LogP contribution < -0.4 is 16.2 Å². The first-order valence-corrected chi connectivity index (χ1v) is 6.23. The van der Waals surface area contributed by atoms with Gasteiger partial charge in [-0.1, -0.05) is 12.1 Å². The average molecular weight is 276 g/mol. The molecule has 1 aromatic heterocycles. The molecule has 2 aromatic rings. The Balaban J connectivity index is 2.20. The number of aromatic nitrogens is 2. The van der Waals surface area contributed by atoms with E-state index in [1.165, 1.54) is 22.9 Å². The summed E-state index contributed by atoms with van der Waals surface area (Å²) in [5, 5.41) is 4.08. The van der Waals surface area contributed by atoms with E-state index in [4.69, 9.17) is 5.73 Å². The van der Waals surface area contributed by atoms with Gasteiger partial charge in [0.1, 0.15) is 5.82 Å². The molecule has 1 aromatic carbocycles. The Labute approximate surface area is 116 Å². The zero-order chi connectivity index (χ0) is 14.7. The van der Waals surface area contributed by atoms with Crippen LogP contribution in [0.15, 0.2) is 41.3 Å². The predicted octanol–water partition coefficient (Wildman–Crippen LogP) is 1.15. The van der Waals surface area contributed by atoms with Crippen molar-refractivity contribution >= 4 is 5.69 Å². The van der Waals surface area contributed by atoms with Crippen LogP contribution in [-0.4, -0.2) is 23.9 Å². The lowest BCUT2D eigenvalue weighted by atomic mass is 10.1. The lowest BCUT2D eigenvalue weighted by molar-refractivity contribution is 0.501. The lowest BCUT2D eigenvalue weighted by Crippen LogP contribution is -2.29. The van der Waals surface area contributed by atoms with Gasteiger partial charge in [0.25, 0.3) is 5.56 Å². The van der Waals surface area contributed by atoms with Gasteiger partial charge in [-0.25, -0.2) is 9.07 Å². The molecule has 0 saturated carbocycles. The number of hydrogen-bond donors (Lipinski definition) is 1. The van der Waals surface area contributed by atoms with E-state index < -0.39 is 6.04 Å². The summed E-state index contributed by atoms with van der Waals surface area (Å²) in [5.74, 6) is -0.346. The maximum absolute atomic E-state index is 13.1. The molecule has 2 N–H and O–H groups in total. The summed E-state index contributed by atoms with van der Waals surface area (Å²) in [5.41, 5.74) is 7.11. The molecule has 5 nitrogen and oxygen atoms in total. The molecule has 0 aliphatic carbocycles. The predicted molar refractivity (Wildman–Crippen MR) is 76.2 cm³/mol. The van der Waals surface area contributed by atoms with Crippen molar-refractivity contribution in [1.82, 2.24) is 9.78 Å². The minimum absolute atomic E-state index is 0.204. The third kappa shape index (κ3) is 3.21. The van der Waals surface area contributed by atoms with Gasteiger partial charge in [-0.2, -0.15) is 5.10 Å². The second-order valence-corrected chi connectivity index (χ2v) is 4.79. The van der Waals surface area contributed by atoms with Crippen molar-refractivity contribution in [2.24, 2.45) is 5.73 Å². The molecular formula is C14H17FN4O. The van der Waals surface area contributed by atoms with E-state index in [9.17, 15) is 9.18 Å². The van der Waals surface area contributed by atoms with Gasteiger partial charge in [0.2, 0.25) is 0 Å². The molecule has 20 heavy (non-hydrogen) atoms. The Hall–Kier alpha value is -2.21.